The second-order valence-electron chi connectivity index (χ2n) is 6.20. The van der Waals surface area contributed by atoms with Crippen molar-refractivity contribution in [2.75, 3.05) is 18.1 Å². The van der Waals surface area contributed by atoms with Gasteiger partial charge in [0.05, 0.1) is 16.8 Å². The summed E-state index contributed by atoms with van der Waals surface area (Å²) >= 11 is 3.19. The van der Waals surface area contributed by atoms with E-state index in [2.05, 4.69) is 10.0 Å². The van der Waals surface area contributed by atoms with E-state index >= 15 is 0 Å². The van der Waals surface area contributed by atoms with Crippen LogP contribution >= 0.6 is 22.7 Å². The molecule has 2 N–H and O–H groups in total. The van der Waals surface area contributed by atoms with Gasteiger partial charge in [-0.3, -0.25) is 4.79 Å². The molecule has 9 heteroatoms. The monoisotopic (exact) mass is 435 g/mol. The molecule has 0 radical (unpaired) electrons. The second-order valence-corrected chi connectivity index (χ2v) is 10.1. The summed E-state index contributed by atoms with van der Waals surface area (Å²) in [6, 6.07) is 11.7. The van der Waals surface area contributed by atoms with Crippen LogP contribution in [-0.4, -0.2) is 32.1 Å². The van der Waals surface area contributed by atoms with Crippen LogP contribution in [0.2, 0.25) is 0 Å². The Morgan fingerprint density at radius 3 is 2.57 bits per heavy atom. The number of nitrogens with one attached hydrogen (secondary N) is 2. The molecule has 0 atom stereocenters. The van der Waals surface area contributed by atoms with Crippen molar-refractivity contribution in [3.05, 3.63) is 46.7 Å². The predicted molar refractivity (Wildman–Crippen MR) is 116 cm³/mol. The van der Waals surface area contributed by atoms with E-state index < -0.39 is 10.0 Å². The van der Waals surface area contributed by atoms with Gasteiger partial charge >= 0.3 is 0 Å². The summed E-state index contributed by atoms with van der Waals surface area (Å²) in [6.07, 6.45) is 2.26. The number of thiophene rings is 1. The highest BCUT2D eigenvalue weighted by molar-refractivity contribution is 7.88. The largest absolute Gasteiger partial charge is 0.326 e. The summed E-state index contributed by atoms with van der Waals surface area (Å²) in [4.78, 5) is 18.3. The van der Waals surface area contributed by atoms with E-state index in [-0.39, 0.29) is 5.91 Å². The molecule has 0 saturated carbocycles. The van der Waals surface area contributed by atoms with E-state index in [0.29, 0.717) is 19.4 Å². The van der Waals surface area contributed by atoms with Gasteiger partial charge in [0.25, 0.3) is 0 Å². The van der Waals surface area contributed by atoms with E-state index in [9.17, 15) is 13.2 Å². The predicted octanol–water partition coefficient (Wildman–Crippen LogP) is 3.98. The molecule has 0 aliphatic carbocycles. The van der Waals surface area contributed by atoms with Gasteiger partial charge in [0.1, 0.15) is 5.01 Å². The molecule has 0 aliphatic rings. The molecule has 148 valence electrons. The zero-order valence-electron chi connectivity index (χ0n) is 15.6. The summed E-state index contributed by atoms with van der Waals surface area (Å²) in [5, 5.41) is 5.77. The van der Waals surface area contributed by atoms with Crippen molar-refractivity contribution >= 4 is 44.3 Å². The lowest BCUT2D eigenvalue weighted by Crippen LogP contribution is -2.23. The minimum atomic E-state index is -3.16. The normalized spacial score (nSPS) is 11.5. The molecule has 2 heterocycles. The average Bonchev–Trinajstić information content (AvgIpc) is 3.30. The third-order valence-corrected chi connectivity index (χ3v) is 6.68. The van der Waals surface area contributed by atoms with Gasteiger partial charge in [-0.1, -0.05) is 6.92 Å². The van der Waals surface area contributed by atoms with E-state index in [0.717, 1.165) is 38.0 Å². The van der Waals surface area contributed by atoms with E-state index in [1.165, 1.54) is 0 Å². The number of aromatic nitrogens is 1. The van der Waals surface area contributed by atoms with E-state index in [4.69, 9.17) is 4.98 Å². The van der Waals surface area contributed by atoms with Crippen molar-refractivity contribution in [1.82, 2.24) is 9.71 Å². The Kier molecular flexibility index (Phi) is 6.61. The Morgan fingerprint density at radius 2 is 1.89 bits per heavy atom. The Labute approximate surface area is 172 Å². The third-order valence-electron chi connectivity index (χ3n) is 3.89. The Morgan fingerprint density at radius 1 is 1.14 bits per heavy atom. The number of carbonyl (C=O) groups is 1. The highest BCUT2D eigenvalue weighted by atomic mass is 32.2. The molecule has 0 saturated heterocycles. The fourth-order valence-corrected chi connectivity index (χ4v) is 4.82. The molecule has 1 aromatic carbocycles. The number of carbonyl (C=O) groups excluding carboxylic acids is 1. The maximum atomic E-state index is 11.5. The average molecular weight is 436 g/mol. The summed E-state index contributed by atoms with van der Waals surface area (Å²) in [5.74, 6) is -0.00970. The molecule has 0 fully saturated rings. The summed E-state index contributed by atoms with van der Waals surface area (Å²) in [6.45, 7) is 2.21. The van der Waals surface area contributed by atoms with Crippen molar-refractivity contribution in [2.24, 2.45) is 0 Å². The van der Waals surface area contributed by atoms with Crippen molar-refractivity contribution in [1.29, 1.82) is 0 Å². The number of rotatable bonds is 8. The van der Waals surface area contributed by atoms with Gasteiger partial charge in [-0.05, 0) is 42.8 Å². The first-order valence-electron chi connectivity index (χ1n) is 8.73. The lowest BCUT2D eigenvalue weighted by Gasteiger charge is -2.03. The fraction of sp³-hybridized carbons (Fsp3) is 0.263. The van der Waals surface area contributed by atoms with Gasteiger partial charge < -0.3 is 5.32 Å². The number of sulfonamides is 1. The number of amides is 1. The van der Waals surface area contributed by atoms with Gasteiger partial charge in [-0.2, -0.15) is 0 Å². The molecular formula is C19H21N3O3S3. The second kappa shape index (κ2) is 8.95. The number of nitrogens with zero attached hydrogens (tertiary/aromatic N) is 1. The van der Waals surface area contributed by atoms with Crippen LogP contribution in [0.5, 0.6) is 0 Å². The first-order valence-corrected chi connectivity index (χ1v) is 12.3. The summed E-state index contributed by atoms with van der Waals surface area (Å²) in [5.41, 5.74) is 2.69. The number of benzene rings is 1. The fourth-order valence-electron chi connectivity index (χ4n) is 2.47. The van der Waals surface area contributed by atoms with Crippen LogP contribution in [0.25, 0.3) is 21.1 Å². The Balaban J connectivity index is 1.66. The molecule has 0 unspecified atom stereocenters. The van der Waals surface area contributed by atoms with Crippen LogP contribution in [-0.2, 0) is 21.2 Å². The van der Waals surface area contributed by atoms with Crippen molar-refractivity contribution in [2.45, 2.75) is 19.8 Å². The van der Waals surface area contributed by atoms with Gasteiger partial charge in [-0.25, -0.2) is 18.1 Å². The highest BCUT2D eigenvalue weighted by Crippen LogP contribution is 2.33. The van der Waals surface area contributed by atoms with Crippen molar-refractivity contribution in [3.63, 3.8) is 0 Å². The van der Waals surface area contributed by atoms with Crippen LogP contribution in [0.3, 0.4) is 0 Å². The minimum absolute atomic E-state index is 0.00970. The number of anilines is 1. The maximum absolute atomic E-state index is 11.5. The first-order chi connectivity index (χ1) is 13.3. The minimum Gasteiger partial charge on any atom is -0.326 e. The molecule has 3 aromatic rings. The van der Waals surface area contributed by atoms with E-state index in [1.807, 2.05) is 48.7 Å². The van der Waals surface area contributed by atoms with Gasteiger partial charge in [-0.15, -0.1) is 22.7 Å². The van der Waals surface area contributed by atoms with Crippen molar-refractivity contribution in [3.8, 4) is 21.1 Å². The zero-order chi connectivity index (χ0) is 20.1. The Bertz CT molecular complexity index is 1050. The number of thiazole rings is 1. The van der Waals surface area contributed by atoms with Crippen LogP contribution in [0.4, 0.5) is 5.69 Å². The Hall–Kier alpha value is -2.07. The van der Waals surface area contributed by atoms with Gasteiger partial charge in [0, 0.05) is 34.5 Å². The quantitative estimate of drug-likeness (QED) is 0.560. The molecule has 0 bridgehead atoms. The molecule has 6 nitrogen and oxygen atoms in total. The van der Waals surface area contributed by atoms with Gasteiger partial charge in [0.15, 0.2) is 0 Å². The molecule has 2 aromatic heterocycles. The van der Waals surface area contributed by atoms with Gasteiger partial charge in [0.2, 0.25) is 15.9 Å². The lowest BCUT2D eigenvalue weighted by atomic mass is 10.2. The van der Waals surface area contributed by atoms with E-state index in [1.54, 1.807) is 22.7 Å². The maximum Gasteiger partial charge on any atom is 0.224 e. The smallest absolute Gasteiger partial charge is 0.224 e. The SMILES string of the molecule is CCC(=O)Nc1ccc(-c2nc(-c3ccc(CCNS(C)(=O)=O)s3)cs2)cc1. The molecule has 1 amide bonds. The van der Waals surface area contributed by atoms with Crippen molar-refractivity contribution < 1.29 is 13.2 Å². The standard InChI is InChI=1S/C19H21N3O3S3/c1-3-18(23)21-14-6-4-13(5-7-14)19-22-16(12-26-19)17-9-8-15(27-17)10-11-20-28(2,24)25/h4-9,12,20H,3,10-11H2,1-2H3,(H,21,23). The molecule has 0 spiro atoms. The molecular weight excluding hydrogens is 414 g/mol. The van der Waals surface area contributed by atoms with Crippen LogP contribution < -0.4 is 10.0 Å². The third kappa shape index (κ3) is 5.71. The summed E-state index contributed by atoms with van der Waals surface area (Å²) < 4.78 is 24.8. The zero-order valence-corrected chi connectivity index (χ0v) is 18.0. The molecule has 28 heavy (non-hydrogen) atoms. The van der Waals surface area contributed by atoms with Crippen LogP contribution in [0.15, 0.2) is 41.8 Å². The summed E-state index contributed by atoms with van der Waals surface area (Å²) in [7, 11) is -3.16. The molecule has 0 aliphatic heterocycles. The topological polar surface area (TPSA) is 88.2 Å². The highest BCUT2D eigenvalue weighted by Gasteiger charge is 2.10. The molecule has 3 rings (SSSR count). The van der Waals surface area contributed by atoms with Crippen LogP contribution in [0, 0.1) is 0 Å². The lowest BCUT2D eigenvalue weighted by molar-refractivity contribution is -0.115. The van der Waals surface area contributed by atoms with Crippen LogP contribution in [0.1, 0.15) is 18.2 Å². The first kappa shape index (κ1) is 20.7. The number of hydrogen-bond acceptors (Lipinski definition) is 6. The number of hydrogen-bond donors (Lipinski definition) is 2.